The van der Waals surface area contributed by atoms with Crippen molar-refractivity contribution in [1.29, 1.82) is 0 Å². The second-order valence-corrected chi connectivity index (χ2v) is 5.40. The van der Waals surface area contributed by atoms with Gasteiger partial charge in [-0.1, -0.05) is 17.7 Å². The van der Waals surface area contributed by atoms with E-state index < -0.39 is 5.97 Å². The van der Waals surface area contributed by atoms with Gasteiger partial charge in [0.25, 0.3) is 0 Å². The Morgan fingerprint density at radius 3 is 2.11 bits per heavy atom. The zero-order valence-corrected chi connectivity index (χ0v) is 11.9. The van der Waals surface area contributed by atoms with Crippen LogP contribution in [0.2, 0.25) is 0 Å². The summed E-state index contributed by atoms with van der Waals surface area (Å²) in [7, 11) is 0. The number of rotatable bonds is 3. The van der Waals surface area contributed by atoms with E-state index in [4.69, 9.17) is 5.11 Å². The van der Waals surface area contributed by atoms with Gasteiger partial charge >= 0.3 is 5.97 Å². The van der Waals surface area contributed by atoms with Crippen molar-refractivity contribution in [3.8, 4) is 0 Å². The lowest BCUT2D eigenvalue weighted by Gasteiger charge is -2.37. The highest BCUT2D eigenvalue weighted by Crippen LogP contribution is 2.27. The molecule has 0 bridgehead atoms. The predicted molar refractivity (Wildman–Crippen MR) is 76.9 cm³/mol. The first-order valence-corrected chi connectivity index (χ1v) is 6.74. The topological polar surface area (TPSA) is 43.8 Å². The van der Waals surface area contributed by atoms with Gasteiger partial charge in [0.2, 0.25) is 0 Å². The lowest BCUT2D eigenvalue weighted by Crippen LogP contribution is -2.48. The molecule has 19 heavy (non-hydrogen) atoms. The Bertz CT molecular complexity index is 454. The molecule has 1 fully saturated rings. The molecule has 1 aliphatic rings. The number of piperazine rings is 1. The molecule has 0 radical (unpaired) electrons. The van der Waals surface area contributed by atoms with Crippen LogP contribution in [0, 0.1) is 20.8 Å². The molecular formula is C15H22N2O2. The molecule has 0 spiro atoms. The molecule has 4 heteroatoms. The van der Waals surface area contributed by atoms with Crippen LogP contribution in [-0.4, -0.2) is 48.7 Å². The van der Waals surface area contributed by atoms with Crippen LogP contribution in [-0.2, 0) is 4.79 Å². The van der Waals surface area contributed by atoms with Gasteiger partial charge in [-0.3, -0.25) is 9.69 Å². The van der Waals surface area contributed by atoms with Crippen molar-refractivity contribution in [2.45, 2.75) is 20.8 Å². The van der Waals surface area contributed by atoms with Crippen LogP contribution in [0.1, 0.15) is 16.7 Å². The Labute approximate surface area is 114 Å². The molecule has 1 aromatic rings. The average molecular weight is 262 g/mol. The Morgan fingerprint density at radius 1 is 1.11 bits per heavy atom. The molecule has 0 saturated carbocycles. The number of aryl methyl sites for hydroxylation is 3. The van der Waals surface area contributed by atoms with Gasteiger partial charge in [0.05, 0.1) is 6.54 Å². The zero-order valence-electron chi connectivity index (χ0n) is 11.9. The van der Waals surface area contributed by atoms with Gasteiger partial charge in [-0.2, -0.15) is 0 Å². The number of benzene rings is 1. The molecular weight excluding hydrogens is 240 g/mol. The SMILES string of the molecule is Cc1cc(C)c(N2CCN(CC(=O)O)CC2)c(C)c1. The summed E-state index contributed by atoms with van der Waals surface area (Å²) >= 11 is 0. The summed E-state index contributed by atoms with van der Waals surface area (Å²) in [4.78, 5) is 15.1. The molecule has 0 atom stereocenters. The van der Waals surface area contributed by atoms with Gasteiger partial charge in [0.15, 0.2) is 0 Å². The highest BCUT2D eigenvalue weighted by atomic mass is 16.4. The Hall–Kier alpha value is -1.55. The fraction of sp³-hybridized carbons (Fsp3) is 0.533. The minimum atomic E-state index is -0.740. The maximum absolute atomic E-state index is 10.7. The third-order valence-electron chi connectivity index (χ3n) is 3.68. The summed E-state index contributed by atoms with van der Waals surface area (Å²) in [5.41, 5.74) is 5.23. The number of carboxylic acid groups (broad SMARTS) is 1. The van der Waals surface area contributed by atoms with E-state index in [1.54, 1.807) is 0 Å². The Kier molecular flexibility index (Phi) is 4.10. The van der Waals surface area contributed by atoms with E-state index in [2.05, 4.69) is 37.8 Å². The molecule has 1 aliphatic heterocycles. The van der Waals surface area contributed by atoms with Crippen molar-refractivity contribution in [2.24, 2.45) is 0 Å². The summed E-state index contributed by atoms with van der Waals surface area (Å²) < 4.78 is 0. The number of hydrogen-bond donors (Lipinski definition) is 1. The number of hydrogen-bond acceptors (Lipinski definition) is 3. The molecule has 0 aliphatic carbocycles. The van der Waals surface area contributed by atoms with Crippen molar-refractivity contribution in [1.82, 2.24) is 4.90 Å². The van der Waals surface area contributed by atoms with E-state index >= 15 is 0 Å². The highest BCUT2D eigenvalue weighted by molar-refractivity contribution is 5.69. The largest absolute Gasteiger partial charge is 0.480 e. The number of carbonyl (C=O) groups is 1. The van der Waals surface area contributed by atoms with Gasteiger partial charge in [-0.05, 0) is 31.9 Å². The normalized spacial score (nSPS) is 16.7. The number of aliphatic carboxylic acids is 1. The summed E-state index contributed by atoms with van der Waals surface area (Å²) in [5.74, 6) is -0.740. The van der Waals surface area contributed by atoms with Crippen molar-refractivity contribution in [2.75, 3.05) is 37.6 Å². The number of anilines is 1. The second-order valence-electron chi connectivity index (χ2n) is 5.40. The minimum Gasteiger partial charge on any atom is -0.480 e. The molecule has 0 amide bonds. The van der Waals surface area contributed by atoms with E-state index in [0.717, 1.165) is 26.2 Å². The van der Waals surface area contributed by atoms with Crippen LogP contribution in [0.25, 0.3) is 0 Å². The molecule has 104 valence electrons. The van der Waals surface area contributed by atoms with Gasteiger partial charge in [-0.15, -0.1) is 0 Å². The van der Waals surface area contributed by atoms with E-state index in [9.17, 15) is 4.79 Å². The van der Waals surface area contributed by atoms with Gasteiger partial charge in [0, 0.05) is 31.9 Å². The van der Waals surface area contributed by atoms with Crippen LogP contribution >= 0.6 is 0 Å². The van der Waals surface area contributed by atoms with Crippen LogP contribution < -0.4 is 4.90 Å². The molecule has 1 aromatic carbocycles. The standard InChI is InChI=1S/C15H22N2O2/c1-11-8-12(2)15(13(3)9-11)17-6-4-16(5-7-17)10-14(18)19/h8-9H,4-7,10H2,1-3H3,(H,18,19). The van der Waals surface area contributed by atoms with Crippen molar-refractivity contribution in [3.05, 3.63) is 28.8 Å². The lowest BCUT2D eigenvalue weighted by atomic mass is 10.0. The lowest BCUT2D eigenvalue weighted by molar-refractivity contribution is -0.138. The summed E-state index contributed by atoms with van der Waals surface area (Å²) in [6, 6.07) is 4.43. The first-order valence-electron chi connectivity index (χ1n) is 6.74. The first kappa shape index (κ1) is 13.9. The van der Waals surface area contributed by atoms with Gasteiger partial charge < -0.3 is 10.0 Å². The van der Waals surface area contributed by atoms with Crippen molar-refractivity contribution < 1.29 is 9.90 Å². The molecule has 1 saturated heterocycles. The summed E-state index contributed by atoms with van der Waals surface area (Å²) in [6.07, 6.45) is 0. The smallest absolute Gasteiger partial charge is 0.317 e. The average Bonchev–Trinajstić information content (AvgIpc) is 2.29. The molecule has 4 nitrogen and oxygen atoms in total. The van der Waals surface area contributed by atoms with Gasteiger partial charge in [-0.25, -0.2) is 0 Å². The van der Waals surface area contributed by atoms with Crippen LogP contribution in [0.3, 0.4) is 0 Å². The molecule has 0 unspecified atom stereocenters. The van der Waals surface area contributed by atoms with Crippen molar-refractivity contribution in [3.63, 3.8) is 0 Å². The highest BCUT2D eigenvalue weighted by Gasteiger charge is 2.20. The maximum Gasteiger partial charge on any atom is 0.317 e. The third-order valence-corrected chi connectivity index (χ3v) is 3.68. The second kappa shape index (κ2) is 5.61. The number of nitrogens with zero attached hydrogens (tertiary/aromatic N) is 2. The predicted octanol–water partition coefficient (Wildman–Crippen LogP) is 1.82. The fourth-order valence-corrected chi connectivity index (χ4v) is 2.99. The quantitative estimate of drug-likeness (QED) is 0.902. The van der Waals surface area contributed by atoms with E-state index in [1.165, 1.54) is 22.4 Å². The van der Waals surface area contributed by atoms with Crippen LogP contribution in [0.15, 0.2) is 12.1 Å². The van der Waals surface area contributed by atoms with Gasteiger partial charge in [0.1, 0.15) is 0 Å². The minimum absolute atomic E-state index is 0.152. The van der Waals surface area contributed by atoms with E-state index in [1.807, 2.05) is 4.90 Å². The third kappa shape index (κ3) is 3.26. The van der Waals surface area contributed by atoms with Crippen LogP contribution in [0.5, 0.6) is 0 Å². The zero-order chi connectivity index (χ0) is 14.0. The summed E-state index contributed by atoms with van der Waals surface area (Å²) in [5, 5.41) is 8.81. The molecule has 2 rings (SSSR count). The van der Waals surface area contributed by atoms with E-state index in [-0.39, 0.29) is 6.54 Å². The summed E-state index contributed by atoms with van der Waals surface area (Å²) in [6.45, 7) is 10.0. The monoisotopic (exact) mass is 262 g/mol. The molecule has 1 heterocycles. The van der Waals surface area contributed by atoms with Crippen LogP contribution in [0.4, 0.5) is 5.69 Å². The van der Waals surface area contributed by atoms with E-state index in [0.29, 0.717) is 0 Å². The first-order chi connectivity index (χ1) is 8.97. The Morgan fingerprint density at radius 2 is 1.63 bits per heavy atom. The molecule has 1 N–H and O–H groups in total. The molecule has 0 aromatic heterocycles. The number of carboxylic acids is 1. The maximum atomic E-state index is 10.7. The Balaban J connectivity index is 2.08. The van der Waals surface area contributed by atoms with Crippen molar-refractivity contribution >= 4 is 11.7 Å². The fourth-order valence-electron chi connectivity index (χ4n) is 2.99.